The van der Waals surface area contributed by atoms with Gasteiger partial charge < -0.3 is 9.64 Å². The van der Waals surface area contributed by atoms with E-state index < -0.39 is 0 Å². The van der Waals surface area contributed by atoms with Crippen LogP contribution in [0.5, 0.6) is 0 Å². The molecular weight excluding hydrogens is 268 g/mol. The second kappa shape index (κ2) is 7.76. The molecule has 0 bridgehead atoms. The first kappa shape index (κ1) is 15.5. The average Bonchev–Trinajstić information content (AvgIpc) is 2.54. The van der Waals surface area contributed by atoms with Crippen LogP contribution in [0, 0.1) is 5.92 Å². The summed E-state index contributed by atoms with van der Waals surface area (Å²) in [7, 11) is 0. The van der Waals surface area contributed by atoms with Crippen molar-refractivity contribution >= 4 is 11.9 Å². The van der Waals surface area contributed by atoms with Crippen LogP contribution in [0.3, 0.4) is 0 Å². The summed E-state index contributed by atoms with van der Waals surface area (Å²) in [5.41, 5.74) is 0.921. The van der Waals surface area contributed by atoms with Crippen molar-refractivity contribution in [1.29, 1.82) is 0 Å². The van der Waals surface area contributed by atoms with Crippen molar-refractivity contribution in [3.8, 4) is 0 Å². The molecule has 0 radical (unpaired) electrons. The zero-order valence-corrected chi connectivity index (χ0v) is 12.5. The zero-order valence-electron chi connectivity index (χ0n) is 12.5. The highest BCUT2D eigenvalue weighted by atomic mass is 16.5. The van der Waals surface area contributed by atoms with Crippen molar-refractivity contribution < 1.29 is 14.3 Å². The number of esters is 1. The predicted molar refractivity (Wildman–Crippen MR) is 78.5 cm³/mol. The molecule has 1 amide bonds. The molecule has 0 spiro atoms. The van der Waals surface area contributed by atoms with E-state index in [1.54, 1.807) is 18.0 Å². The lowest BCUT2D eigenvalue weighted by Gasteiger charge is -2.31. The summed E-state index contributed by atoms with van der Waals surface area (Å²) in [4.78, 5) is 30.0. The fourth-order valence-corrected chi connectivity index (χ4v) is 2.60. The Morgan fingerprint density at radius 3 is 3.00 bits per heavy atom. The Morgan fingerprint density at radius 1 is 1.43 bits per heavy atom. The number of rotatable bonds is 5. The largest absolute Gasteiger partial charge is 0.466 e. The normalized spacial score (nSPS) is 18.3. The van der Waals surface area contributed by atoms with Gasteiger partial charge in [0.1, 0.15) is 0 Å². The number of piperidine rings is 1. The quantitative estimate of drug-likeness (QED) is 0.776. The van der Waals surface area contributed by atoms with Crippen molar-refractivity contribution in [2.45, 2.75) is 32.6 Å². The van der Waals surface area contributed by atoms with Crippen molar-refractivity contribution in [2.24, 2.45) is 5.92 Å². The van der Waals surface area contributed by atoms with Gasteiger partial charge >= 0.3 is 5.97 Å². The highest BCUT2D eigenvalue weighted by molar-refractivity contribution is 5.78. The average molecular weight is 290 g/mol. The Balaban J connectivity index is 1.83. The summed E-state index contributed by atoms with van der Waals surface area (Å²) < 4.78 is 5.05. The monoisotopic (exact) mass is 290 g/mol. The Bertz CT molecular complexity index is 476. The summed E-state index contributed by atoms with van der Waals surface area (Å²) >= 11 is 0. The third kappa shape index (κ3) is 4.55. The molecule has 1 saturated heterocycles. The Kier molecular flexibility index (Phi) is 5.72. The molecule has 1 aliphatic rings. The number of pyridine rings is 1. The van der Waals surface area contributed by atoms with Crippen LogP contribution >= 0.6 is 0 Å². The van der Waals surface area contributed by atoms with Crippen LogP contribution in [0.4, 0.5) is 0 Å². The maximum absolute atomic E-state index is 12.2. The van der Waals surface area contributed by atoms with E-state index in [1.807, 2.05) is 18.2 Å². The van der Waals surface area contributed by atoms with Gasteiger partial charge in [-0.05, 0) is 38.3 Å². The van der Waals surface area contributed by atoms with Crippen molar-refractivity contribution in [3.05, 3.63) is 30.1 Å². The zero-order chi connectivity index (χ0) is 15.1. The lowest BCUT2D eigenvalue weighted by molar-refractivity contribution is -0.151. The number of hydrogen-bond acceptors (Lipinski definition) is 4. The molecule has 21 heavy (non-hydrogen) atoms. The summed E-state index contributed by atoms with van der Waals surface area (Å²) in [6.45, 7) is 3.41. The minimum absolute atomic E-state index is 0.0923. The molecule has 114 valence electrons. The summed E-state index contributed by atoms with van der Waals surface area (Å²) in [6.07, 6.45) is 4.48. The molecule has 0 unspecified atom stereocenters. The van der Waals surface area contributed by atoms with Crippen LogP contribution in [0.25, 0.3) is 0 Å². The van der Waals surface area contributed by atoms with Gasteiger partial charge in [0.05, 0.1) is 12.5 Å². The van der Waals surface area contributed by atoms with Crippen LogP contribution in [0.2, 0.25) is 0 Å². The van der Waals surface area contributed by atoms with Crippen molar-refractivity contribution in [2.75, 3.05) is 19.7 Å². The molecule has 2 rings (SSSR count). The summed E-state index contributed by atoms with van der Waals surface area (Å²) in [6, 6.07) is 5.70. The molecule has 5 nitrogen and oxygen atoms in total. The molecule has 0 aromatic carbocycles. The van der Waals surface area contributed by atoms with Gasteiger partial charge in [0.15, 0.2) is 0 Å². The lowest BCUT2D eigenvalue weighted by Crippen LogP contribution is -2.42. The molecule has 0 aliphatic carbocycles. The molecule has 5 heteroatoms. The molecule has 1 aromatic rings. The van der Waals surface area contributed by atoms with E-state index in [4.69, 9.17) is 4.74 Å². The molecule has 1 aromatic heterocycles. The van der Waals surface area contributed by atoms with Crippen molar-refractivity contribution in [1.82, 2.24) is 9.88 Å². The van der Waals surface area contributed by atoms with Gasteiger partial charge in [0.25, 0.3) is 0 Å². The third-order valence-electron chi connectivity index (χ3n) is 3.72. The van der Waals surface area contributed by atoms with Crippen LogP contribution in [-0.4, -0.2) is 41.5 Å². The van der Waals surface area contributed by atoms with Gasteiger partial charge in [-0.25, -0.2) is 0 Å². The van der Waals surface area contributed by atoms with Gasteiger partial charge in [0, 0.05) is 31.4 Å². The molecule has 2 heterocycles. The summed E-state index contributed by atoms with van der Waals surface area (Å²) in [5, 5.41) is 0. The minimum Gasteiger partial charge on any atom is -0.466 e. The van der Waals surface area contributed by atoms with Gasteiger partial charge in [-0.3, -0.25) is 14.6 Å². The van der Waals surface area contributed by atoms with Crippen molar-refractivity contribution in [3.63, 3.8) is 0 Å². The first-order valence-corrected chi connectivity index (χ1v) is 7.55. The van der Waals surface area contributed by atoms with Crippen LogP contribution in [-0.2, 0) is 20.7 Å². The number of aromatic nitrogens is 1. The first-order valence-electron chi connectivity index (χ1n) is 7.55. The molecule has 0 N–H and O–H groups in total. The SMILES string of the molecule is CCOC(=O)[C@H]1CCCN(C(=O)CCc2ccccn2)C1. The number of carbonyl (C=O) groups is 2. The maximum Gasteiger partial charge on any atom is 0.310 e. The number of likely N-dealkylation sites (tertiary alicyclic amines) is 1. The van der Waals surface area contributed by atoms with Gasteiger partial charge in [-0.1, -0.05) is 6.07 Å². The lowest BCUT2D eigenvalue weighted by atomic mass is 9.97. The van der Waals surface area contributed by atoms with E-state index in [1.165, 1.54) is 0 Å². The van der Waals surface area contributed by atoms with Gasteiger partial charge in [0.2, 0.25) is 5.91 Å². The Labute approximate surface area is 125 Å². The summed E-state index contributed by atoms with van der Waals surface area (Å²) in [5.74, 6) is -0.258. The van der Waals surface area contributed by atoms with Crippen LogP contribution < -0.4 is 0 Å². The second-order valence-corrected chi connectivity index (χ2v) is 5.25. The predicted octanol–water partition coefficient (Wildman–Crippen LogP) is 1.82. The first-order chi connectivity index (χ1) is 10.2. The van der Waals surface area contributed by atoms with E-state index in [9.17, 15) is 9.59 Å². The molecule has 1 aliphatic heterocycles. The fourth-order valence-electron chi connectivity index (χ4n) is 2.60. The number of hydrogen-bond donors (Lipinski definition) is 0. The standard InChI is InChI=1S/C16H22N2O3/c1-2-21-16(20)13-6-5-11-18(12-13)15(19)9-8-14-7-3-4-10-17-14/h3-4,7,10,13H,2,5-6,8-9,11-12H2,1H3/t13-/m0/s1. The second-order valence-electron chi connectivity index (χ2n) is 5.25. The highest BCUT2D eigenvalue weighted by Gasteiger charge is 2.28. The number of nitrogens with zero attached hydrogens (tertiary/aromatic N) is 2. The van der Waals surface area contributed by atoms with E-state index in [0.29, 0.717) is 26.0 Å². The minimum atomic E-state index is -0.181. The number of ether oxygens (including phenoxy) is 1. The third-order valence-corrected chi connectivity index (χ3v) is 3.72. The smallest absolute Gasteiger partial charge is 0.310 e. The Morgan fingerprint density at radius 2 is 2.29 bits per heavy atom. The molecule has 1 atom stereocenters. The molecule has 0 saturated carbocycles. The number of carbonyl (C=O) groups excluding carboxylic acids is 2. The fraction of sp³-hybridized carbons (Fsp3) is 0.562. The number of amides is 1. The van der Waals surface area contributed by atoms with Crippen LogP contribution in [0.15, 0.2) is 24.4 Å². The van der Waals surface area contributed by atoms with Crippen LogP contribution in [0.1, 0.15) is 31.9 Å². The van der Waals surface area contributed by atoms with Gasteiger partial charge in [-0.15, -0.1) is 0 Å². The molecular formula is C16H22N2O3. The molecule has 1 fully saturated rings. The maximum atomic E-state index is 12.2. The highest BCUT2D eigenvalue weighted by Crippen LogP contribution is 2.19. The van der Waals surface area contributed by atoms with E-state index >= 15 is 0 Å². The van der Waals surface area contributed by atoms with Gasteiger partial charge in [-0.2, -0.15) is 0 Å². The van der Waals surface area contributed by atoms with E-state index in [0.717, 1.165) is 25.1 Å². The topological polar surface area (TPSA) is 59.5 Å². The number of aryl methyl sites for hydroxylation is 1. The van der Waals surface area contributed by atoms with E-state index in [-0.39, 0.29) is 17.8 Å². The van der Waals surface area contributed by atoms with E-state index in [2.05, 4.69) is 4.98 Å². The Hall–Kier alpha value is -1.91.